The Bertz CT molecular complexity index is 183. The van der Waals surface area contributed by atoms with Crippen LogP contribution in [-0.2, 0) is 6.42 Å². The highest BCUT2D eigenvalue weighted by Crippen LogP contribution is 1.98. The predicted molar refractivity (Wildman–Crippen MR) is 44.1 cm³/mol. The van der Waals surface area contributed by atoms with Crippen molar-refractivity contribution in [1.29, 1.82) is 0 Å². The maximum atomic E-state index is 3.94. The van der Waals surface area contributed by atoms with E-state index in [2.05, 4.69) is 39.7 Å². The van der Waals surface area contributed by atoms with Crippen molar-refractivity contribution in [3.8, 4) is 0 Å². The number of hydrogen-bond donors (Lipinski definition) is 0. The van der Waals surface area contributed by atoms with Gasteiger partial charge in [-0.1, -0.05) is 6.92 Å². The van der Waals surface area contributed by atoms with Gasteiger partial charge in [-0.25, -0.2) is 0 Å². The summed E-state index contributed by atoms with van der Waals surface area (Å²) in [7, 11) is 0. The van der Waals surface area contributed by atoms with Crippen LogP contribution in [0.5, 0.6) is 0 Å². The molecule has 0 spiro atoms. The van der Waals surface area contributed by atoms with Gasteiger partial charge < -0.3 is 0 Å². The van der Waals surface area contributed by atoms with Crippen LogP contribution in [0.4, 0.5) is 0 Å². The first-order valence-corrected chi connectivity index (χ1v) is 3.89. The van der Waals surface area contributed by atoms with Gasteiger partial charge in [0.15, 0.2) is 0 Å². The largest absolute Gasteiger partial charge is 0.155 e. The van der Waals surface area contributed by atoms with E-state index in [-0.39, 0.29) is 0 Å². The van der Waals surface area contributed by atoms with Gasteiger partial charge in [0.05, 0.1) is 5.69 Å². The molecule has 2 nitrogen and oxygen atoms in total. The summed E-state index contributed by atoms with van der Waals surface area (Å²) in [5, 5.41) is 7.83. The van der Waals surface area contributed by atoms with Crippen LogP contribution in [-0.4, -0.2) is 10.2 Å². The van der Waals surface area contributed by atoms with Crippen molar-refractivity contribution >= 4 is 22.6 Å². The van der Waals surface area contributed by atoms with E-state index in [4.69, 9.17) is 0 Å². The van der Waals surface area contributed by atoms with Crippen molar-refractivity contribution in [2.75, 3.05) is 0 Å². The van der Waals surface area contributed by atoms with Gasteiger partial charge in [0.25, 0.3) is 0 Å². The third-order valence-corrected chi connectivity index (χ3v) is 1.62. The highest BCUT2D eigenvalue weighted by molar-refractivity contribution is 14.1. The number of aryl methyl sites for hydroxylation is 1. The minimum absolute atomic E-state index is 0.949. The molecule has 1 aromatic rings. The zero-order valence-electron chi connectivity index (χ0n) is 5.13. The van der Waals surface area contributed by atoms with E-state index in [0.29, 0.717) is 0 Å². The minimum Gasteiger partial charge on any atom is -0.155 e. The topological polar surface area (TPSA) is 25.8 Å². The molecule has 0 radical (unpaired) electrons. The summed E-state index contributed by atoms with van der Waals surface area (Å²) in [4.78, 5) is 0. The predicted octanol–water partition coefficient (Wildman–Crippen LogP) is 1.64. The Morgan fingerprint density at radius 3 is 2.67 bits per heavy atom. The monoisotopic (exact) mass is 234 g/mol. The molecule has 0 amide bonds. The molecular formula is C6H7IN2. The van der Waals surface area contributed by atoms with Crippen LogP contribution in [0.2, 0.25) is 0 Å². The molecule has 0 aromatic carbocycles. The molecule has 1 aromatic heterocycles. The highest BCUT2D eigenvalue weighted by atomic mass is 127. The average molecular weight is 234 g/mol. The minimum atomic E-state index is 0.949. The Labute approximate surface area is 67.8 Å². The number of rotatable bonds is 1. The van der Waals surface area contributed by atoms with Crippen molar-refractivity contribution in [3.63, 3.8) is 0 Å². The third-order valence-electron chi connectivity index (χ3n) is 1.05. The van der Waals surface area contributed by atoms with E-state index in [1.54, 1.807) is 0 Å². The second kappa shape index (κ2) is 3.10. The molecule has 1 heterocycles. The van der Waals surface area contributed by atoms with Crippen LogP contribution in [0, 0.1) is 3.70 Å². The summed E-state index contributed by atoms with van der Waals surface area (Å²) < 4.78 is 0.949. The van der Waals surface area contributed by atoms with E-state index in [0.717, 1.165) is 15.8 Å². The van der Waals surface area contributed by atoms with Crippen molar-refractivity contribution < 1.29 is 0 Å². The van der Waals surface area contributed by atoms with E-state index in [1.165, 1.54) is 0 Å². The molecule has 9 heavy (non-hydrogen) atoms. The van der Waals surface area contributed by atoms with Crippen LogP contribution in [0.3, 0.4) is 0 Å². The Kier molecular flexibility index (Phi) is 2.38. The smallest absolute Gasteiger partial charge is 0.124 e. The first-order valence-electron chi connectivity index (χ1n) is 2.81. The van der Waals surface area contributed by atoms with Crippen molar-refractivity contribution in [2.24, 2.45) is 0 Å². The van der Waals surface area contributed by atoms with Gasteiger partial charge in [-0.3, -0.25) is 0 Å². The molecule has 1 rings (SSSR count). The van der Waals surface area contributed by atoms with Gasteiger partial charge >= 0.3 is 0 Å². The fourth-order valence-electron chi connectivity index (χ4n) is 0.532. The van der Waals surface area contributed by atoms with Crippen molar-refractivity contribution in [3.05, 3.63) is 21.5 Å². The molecular weight excluding hydrogens is 227 g/mol. The quantitative estimate of drug-likeness (QED) is 0.690. The van der Waals surface area contributed by atoms with Crippen LogP contribution >= 0.6 is 22.6 Å². The molecule has 0 saturated carbocycles. The number of aromatic nitrogens is 2. The lowest BCUT2D eigenvalue weighted by atomic mass is 10.3. The SMILES string of the molecule is CCc1ccc(I)nn1. The van der Waals surface area contributed by atoms with Gasteiger partial charge in [-0.15, -0.1) is 5.10 Å². The third kappa shape index (κ3) is 1.89. The zero-order valence-corrected chi connectivity index (χ0v) is 7.29. The maximum absolute atomic E-state index is 3.94. The first kappa shape index (κ1) is 6.92. The molecule has 48 valence electrons. The fourth-order valence-corrected chi connectivity index (χ4v) is 0.820. The second-order valence-corrected chi connectivity index (χ2v) is 2.81. The molecule has 0 N–H and O–H groups in total. The molecule has 0 aliphatic carbocycles. The average Bonchev–Trinajstić information content (AvgIpc) is 1.90. The van der Waals surface area contributed by atoms with Crippen LogP contribution in [0.1, 0.15) is 12.6 Å². The zero-order chi connectivity index (χ0) is 6.69. The van der Waals surface area contributed by atoms with Crippen molar-refractivity contribution in [1.82, 2.24) is 10.2 Å². The summed E-state index contributed by atoms with van der Waals surface area (Å²) in [6.45, 7) is 2.07. The molecule has 0 saturated heterocycles. The lowest BCUT2D eigenvalue weighted by molar-refractivity contribution is 0.903. The van der Waals surface area contributed by atoms with Gasteiger partial charge in [-0.05, 0) is 41.1 Å². The molecule has 0 fully saturated rings. The normalized spacial score (nSPS) is 9.56. The summed E-state index contributed by atoms with van der Waals surface area (Å²) >= 11 is 2.14. The Morgan fingerprint density at radius 2 is 2.22 bits per heavy atom. The van der Waals surface area contributed by atoms with E-state index in [1.807, 2.05) is 12.1 Å². The lowest BCUT2D eigenvalue weighted by Gasteiger charge is -1.90. The summed E-state index contributed by atoms with van der Waals surface area (Å²) in [5.41, 5.74) is 1.05. The Morgan fingerprint density at radius 1 is 1.44 bits per heavy atom. The van der Waals surface area contributed by atoms with Crippen LogP contribution < -0.4 is 0 Å². The second-order valence-electron chi connectivity index (χ2n) is 1.70. The molecule has 0 bridgehead atoms. The number of halogens is 1. The highest BCUT2D eigenvalue weighted by Gasteiger charge is 1.89. The van der Waals surface area contributed by atoms with Gasteiger partial charge in [0, 0.05) is 0 Å². The Balaban J connectivity index is 2.88. The molecule has 0 aliphatic rings. The lowest BCUT2D eigenvalue weighted by Crippen LogP contribution is -1.90. The molecule has 0 aliphatic heterocycles. The molecule has 0 unspecified atom stereocenters. The van der Waals surface area contributed by atoms with Gasteiger partial charge in [0.1, 0.15) is 3.70 Å². The summed E-state index contributed by atoms with van der Waals surface area (Å²) in [5.74, 6) is 0. The van der Waals surface area contributed by atoms with E-state index >= 15 is 0 Å². The van der Waals surface area contributed by atoms with E-state index < -0.39 is 0 Å². The first-order chi connectivity index (χ1) is 4.33. The fraction of sp³-hybridized carbons (Fsp3) is 0.333. The molecule has 3 heteroatoms. The van der Waals surface area contributed by atoms with Gasteiger partial charge in [-0.2, -0.15) is 5.10 Å². The van der Waals surface area contributed by atoms with Crippen molar-refractivity contribution in [2.45, 2.75) is 13.3 Å². The maximum Gasteiger partial charge on any atom is 0.124 e. The van der Waals surface area contributed by atoms with Crippen LogP contribution in [0.15, 0.2) is 12.1 Å². The van der Waals surface area contributed by atoms with Gasteiger partial charge in [0.2, 0.25) is 0 Å². The standard InChI is InChI=1S/C6H7IN2/c1-2-5-3-4-6(7)9-8-5/h3-4H,2H2,1H3. The summed E-state index contributed by atoms with van der Waals surface area (Å²) in [6.07, 6.45) is 0.962. The summed E-state index contributed by atoms with van der Waals surface area (Å²) in [6, 6.07) is 3.96. The van der Waals surface area contributed by atoms with E-state index in [9.17, 15) is 0 Å². The molecule has 0 atom stereocenters. The Hall–Kier alpha value is -0.190. The number of nitrogens with zero attached hydrogens (tertiary/aromatic N) is 2. The number of hydrogen-bond acceptors (Lipinski definition) is 2. The van der Waals surface area contributed by atoms with Crippen LogP contribution in [0.25, 0.3) is 0 Å².